The average Bonchev–Trinajstić information content (AvgIpc) is 3.63. The van der Waals surface area contributed by atoms with Gasteiger partial charge in [-0.15, -0.1) is 0 Å². The van der Waals surface area contributed by atoms with E-state index in [2.05, 4.69) is 9.80 Å². The molecule has 0 bridgehead atoms. The third kappa shape index (κ3) is 6.29. The van der Waals surface area contributed by atoms with E-state index in [9.17, 15) is 19.2 Å². The molecule has 0 N–H and O–H groups in total. The number of piperazine rings is 1. The smallest absolute Gasteiger partial charge is 0.338 e. The van der Waals surface area contributed by atoms with E-state index in [0.717, 1.165) is 36.7 Å². The molecule has 0 saturated carbocycles. The molecular weight excluding hydrogens is 566 g/mol. The summed E-state index contributed by atoms with van der Waals surface area (Å²) in [6, 6.07) is 18.1. The molecule has 1 atom stereocenters. The van der Waals surface area contributed by atoms with Crippen molar-refractivity contribution in [3.05, 3.63) is 83.4 Å². The molecule has 11 nitrogen and oxygen atoms in total. The molecule has 1 unspecified atom stereocenters. The quantitative estimate of drug-likeness (QED) is 0.195. The first-order valence-electron chi connectivity index (χ1n) is 14.6. The molecule has 0 aliphatic carbocycles. The fourth-order valence-corrected chi connectivity index (χ4v) is 5.65. The maximum atomic E-state index is 13.4. The number of nitrogens with zero attached hydrogens (tertiary/aromatic N) is 3. The summed E-state index contributed by atoms with van der Waals surface area (Å²) >= 11 is 0. The molecule has 3 aromatic carbocycles. The van der Waals surface area contributed by atoms with Crippen molar-refractivity contribution >= 4 is 29.3 Å². The van der Waals surface area contributed by atoms with Crippen molar-refractivity contribution in [3.63, 3.8) is 0 Å². The summed E-state index contributed by atoms with van der Waals surface area (Å²) in [5.41, 5.74) is 2.14. The van der Waals surface area contributed by atoms with E-state index in [1.807, 2.05) is 25.1 Å². The van der Waals surface area contributed by atoms with Crippen LogP contribution in [0, 0.1) is 0 Å². The molecular formula is C33H33N3O8. The summed E-state index contributed by atoms with van der Waals surface area (Å²) in [6.45, 7) is 5.86. The molecule has 228 valence electrons. The van der Waals surface area contributed by atoms with E-state index in [4.69, 9.17) is 18.9 Å². The second-order valence-electron chi connectivity index (χ2n) is 10.8. The van der Waals surface area contributed by atoms with E-state index >= 15 is 0 Å². The number of hydrogen-bond donors (Lipinski definition) is 0. The molecule has 6 rings (SSSR count). The van der Waals surface area contributed by atoms with Crippen LogP contribution in [0.4, 0.5) is 5.69 Å². The Morgan fingerprint density at radius 3 is 2.30 bits per heavy atom. The van der Waals surface area contributed by atoms with Crippen LogP contribution >= 0.6 is 0 Å². The van der Waals surface area contributed by atoms with Crippen LogP contribution in [0.2, 0.25) is 0 Å². The third-order valence-corrected chi connectivity index (χ3v) is 8.00. The highest BCUT2D eigenvalue weighted by Gasteiger charge is 2.43. The number of anilines is 1. The summed E-state index contributed by atoms with van der Waals surface area (Å²) in [4.78, 5) is 56.9. The summed E-state index contributed by atoms with van der Waals surface area (Å²) < 4.78 is 21.4. The Kier molecular flexibility index (Phi) is 8.58. The second-order valence-corrected chi connectivity index (χ2v) is 10.8. The molecule has 0 aromatic heterocycles. The minimum atomic E-state index is -0.675. The summed E-state index contributed by atoms with van der Waals surface area (Å²) in [5, 5.41) is 0. The Morgan fingerprint density at radius 1 is 0.864 bits per heavy atom. The van der Waals surface area contributed by atoms with Crippen LogP contribution in [0.1, 0.15) is 39.6 Å². The Balaban J connectivity index is 0.998. The Labute approximate surface area is 254 Å². The maximum absolute atomic E-state index is 13.4. The van der Waals surface area contributed by atoms with Gasteiger partial charge in [0.15, 0.2) is 23.9 Å². The number of amides is 2. The van der Waals surface area contributed by atoms with Crippen LogP contribution in [0.5, 0.6) is 17.2 Å². The number of imide groups is 1. The predicted molar refractivity (Wildman–Crippen MR) is 159 cm³/mol. The van der Waals surface area contributed by atoms with Crippen molar-refractivity contribution in [1.82, 2.24) is 9.80 Å². The molecule has 44 heavy (non-hydrogen) atoms. The summed E-state index contributed by atoms with van der Waals surface area (Å²) in [5.74, 6) is 0.608. The first-order valence-corrected chi connectivity index (χ1v) is 14.6. The summed E-state index contributed by atoms with van der Waals surface area (Å²) in [6.07, 6.45) is 0.110. The molecule has 11 heteroatoms. The molecule has 3 aliphatic rings. The van der Waals surface area contributed by atoms with Gasteiger partial charge in [-0.05, 0) is 73.2 Å². The molecule has 2 saturated heterocycles. The first kappa shape index (κ1) is 29.3. The zero-order valence-corrected chi connectivity index (χ0v) is 24.4. The van der Waals surface area contributed by atoms with Crippen LogP contribution in [-0.2, 0) is 20.9 Å². The number of hydrogen-bond acceptors (Lipinski definition) is 10. The van der Waals surface area contributed by atoms with Crippen molar-refractivity contribution in [1.29, 1.82) is 0 Å². The lowest BCUT2D eigenvalue weighted by Crippen LogP contribution is -2.52. The topological polar surface area (TPSA) is 115 Å². The van der Waals surface area contributed by atoms with E-state index in [0.29, 0.717) is 36.7 Å². The third-order valence-electron chi connectivity index (χ3n) is 8.00. The average molecular weight is 600 g/mol. The molecule has 3 aromatic rings. The van der Waals surface area contributed by atoms with Gasteiger partial charge in [0.25, 0.3) is 5.91 Å². The zero-order chi connectivity index (χ0) is 30.6. The lowest BCUT2D eigenvalue weighted by molar-refractivity contribution is -0.123. The number of ether oxygens (including phenoxy) is 4. The number of benzene rings is 3. The number of Topliss-reactive ketones (excluding diaryl/α,β-unsaturated/α-hetero) is 1. The van der Waals surface area contributed by atoms with Gasteiger partial charge in [0.1, 0.15) is 5.75 Å². The standard InChI is InChI=1S/C33H33N3O8/c1-2-41-26-10-6-23(7-11-26)28(37)20-42-33(40)24-4-8-25(9-5-24)36-31(38)18-27(32(36)39)35-15-13-34(14-16-35)19-22-3-12-29-30(17-22)44-21-43-29/h3-12,17,27H,2,13-16,18-21H2,1H3. The zero-order valence-electron chi connectivity index (χ0n) is 24.4. The van der Waals surface area contributed by atoms with Gasteiger partial charge in [-0.1, -0.05) is 6.07 Å². The van der Waals surface area contributed by atoms with E-state index in [1.165, 1.54) is 17.0 Å². The fourth-order valence-electron chi connectivity index (χ4n) is 5.65. The second kappa shape index (κ2) is 12.9. The van der Waals surface area contributed by atoms with Gasteiger partial charge in [0.2, 0.25) is 12.7 Å². The van der Waals surface area contributed by atoms with Crippen molar-refractivity contribution in [2.75, 3.05) is 51.1 Å². The van der Waals surface area contributed by atoms with Gasteiger partial charge in [0.05, 0.1) is 30.3 Å². The number of esters is 1. The van der Waals surface area contributed by atoms with E-state index in [-0.39, 0.29) is 36.4 Å². The van der Waals surface area contributed by atoms with Crippen molar-refractivity contribution in [2.24, 2.45) is 0 Å². The van der Waals surface area contributed by atoms with Crippen LogP contribution in [0.3, 0.4) is 0 Å². The first-order chi connectivity index (χ1) is 21.4. The van der Waals surface area contributed by atoms with Gasteiger partial charge < -0.3 is 18.9 Å². The van der Waals surface area contributed by atoms with Gasteiger partial charge in [-0.25, -0.2) is 9.69 Å². The molecule has 2 fully saturated rings. The molecule has 2 amide bonds. The Hall–Kier alpha value is -4.74. The van der Waals surface area contributed by atoms with Gasteiger partial charge in [0, 0.05) is 38.3 Å². The fraction of sp³-hybridized carbons (Fsp3) is 0.333. The van der Waals surface area contributed by atoms with Crippen LogP contribution in [0.25, 0.3) is 0 Å². The minimum absolute atomic E-state index is 0.110. The van der Waals surface area contributed by atoms with E-state index < -0.39 is 18.6 Å². The molecule has 3 aliphatic heterocycles. The largest absolute Gasteiger partial charge is 0.494 e. The Bertz CT molecular complexity index is 1550. The predicted octanol–water partition coefficient (Wildman–Crippen LogP) is 3.30. The number of ketones is 1. The lowest BCUT2D eigenvalue weighted by Gasteiger charge is -2.37. The normalized spacial score (nSPS) is 18.5. The maximum Gasteiger partial charge on any atom is 0.338 e. The van der Waals surface area contributed by atoms with Crippen molar-refractivity contribution in [3.8, 4) is 17.2 Å². The molecule has 3 heterocycles. The minimum Gasteiger partial charge on any atom is -0.494 e. The number of carbonyl (C=O) groups excluding carboxylic acids is 4. The number of rotatable bonds is 10. The van der Waals surface area contributed by atoms with Crippen molar-refractivity contribution in [2.45, 2.75) is 25.9 Å². The van der Waals surface area contributed by atoms with Crippen LogP contribution < -0.4 is 19.1 Å². The van der Waals surface area contributed by atoms with Gasteiger partial charge in [-0.3, -0.25) is 24.2 Å². The van der Waals surface area contributed by atoms with Crippen LogP contribution in [0.15, 0.2) is 66.7 Å². The monoisotopic (exact) mass is 599 g/mol. The molecule has 0 radical (unpaired) electrons. The highest BCUT2D eigenvalue weighted by atomic mass is 16.7. The number of fused-ring (bicyclic) bond motifs is 1. The SMILES string of the molecule is CCOc1ccc(C(=O)COC(=O)c2ccc(N3C(=O)CC(N4CCN(Cc5ccc6c(c5)OCO6)CC4)C3=O)cc2)cc1. The van der Waals surface area contributed by atoms with Gasteiger partial charge in [-0.2, -0.15) is 0 Å². The summed E-state index contributed by atoms with van der Waals surface area (Å²) in [7, 11) is 0. The van der Waals surface area contributed by atoms with Gasteiger partial charge >= 0.3 is 5.97 Å². The highest BCUT2D eigenvalue weighted by molar-refractivity contribution is 6.22. The number of carbonyl (C=O) groups is 4. The lowest BCUT2D eigenvalue weighted by atomic mass is 10.1. The Morgan fingerprint density at radius 2 is 1.57 bits per heavy atom. The molecule has 0 spiro atoms. The van der Waals surface area contributed by atoms with Crippen LogP contribution in [-0.4, -0.2) is 85.6 Å². The highest BCUT2D eigenvalue weighted by Crippen LogP contribution is 2.33. The van der Waals surface area contributed by atoms with E-state index in [1.54, 1.807) is 36.4 Å². The van der Waals surface area contributed by atoms with Crippen molar-refractivity contribution < 1.29 is 38.1 Å².